The Balaban J connectivity index is 1.51. The number of hydrogen-bond donors (Lipinski definition) is 1. The number of H-pyrrole nitrogens is 1. The molecule has 2 aromatic rings. The van der Waals surface area contributed by atoms with Gasteiger partial charge in [0.2, 0.25) is 5.91 Å². The molecule has 0 aliphatic carbocycles. The first-order valence-corrected chi connectivity index (χ1v) is 12.5. The highest BCUT2D eigenvalue weighted by atomic mass is 16.5. The van der Waals surface area contributed by atoms with Crippen LogP contribution in [0.4, 0.5) is 0 Å². The molecule has 0 saturated carbocycles. The van der Waals surface area contributed by atoms with Crippen LogP contribution in [0.2, 0.25) is 0 Å². The highest BCUT2D eigenvalue weighted by molar-refractivity contribution is 5.78. The van der Waals surface area contributed by atoms with E-state index >= 15 is 0 Å². The summed E-state index contributed by atoms with van der Waals surface area (Å²) in [4.78, 5) is 23.7. The van der Waals surface area contributed by atoms with Gasteiger partial charge in [0.05, 0.1) is 7.11 Å². The van der Waals surface area contributed by atoms with Crippen LogP contribution in [0.3, 0.4) is 0 Å². The Labute approximate surface area is 198 Å². The monoisotopic (exact) mass is 452 g/mol. The maximum Gasteiger partial charge on any atom is 0.225 e. The van der Waals surface area contributed by atoms with Gasteiger partial charge in [0.15, 0.2) is 0 Å². The summed E-state index contributed by atoms with van der Waals surface area (Å²) in [7, 11) is 1.73. The lowest BCUT2D eigenvalue weighted by atomic mass is 9.88. The zero-order valence-corrected chi connectivity index (χ0v) is 20.5. The van der Waals surface area contributed by atoms with E-state index in [0.29, 0.717) is 11.8 Å². The number of benzene rings is 1. The summed E-state index contributed by atoms with van der Waals surface area (Å²) >= 11 is 0. The molecule has 1 N–H and O–H groups in total. The summed E-state index contributed by atoms with van der Waals surface area (Å²) in [6.45, 7) is 11.9. The molecule has 2 atom stereocenters. The topological polar surface area (TPSA) is 51.8 Å². The molecule has 2 fully saturated rings. The Morgan fingerprint density at radius 3 is 2.67 bits per heavy atom. The van der Waals surface area contributed by atoms with Crippen molar-refractivity contribution in [3.8, 4) is 5.75 Å². The number of nitrogens with one attached hydrogen (secondary N) is 1. The van der Waals surface area contributed by atoms with Crippen molar-refractivity contribution in [1.29, 1.82) is 0 Å². The van der Waals surface area contributed by atoms with Crippen molar-refractivity contribution in [2.24, 2.45) is 11.8 Å². The third-order valence-electron chi connectivity index (χ3n) is 7.24. The molecule has 1 aromatic heterocycles. The summed E-state index contributed by atoms with van der Waals surface area (Å²) < 4.78 is 5.52. The Kier molecular flexibility index (Phi) is 8.10. The molecule has 4 rings (SSSR count). The number of hydrogen-bond acceptors (Lipinski definition) is 4. The van der Waals surface area contributed by atoms with Crippen molar-refractivity contribution in [2.75, 3.05) is 52.9 Å². The second kappa shape index (κ2) is 11.2. The van der Waals surface area contributed by atoms with Crippen LogP contribution < -0.4 is 4.74 Å². The van der Waals surface area contributed by atoms with Crippen LogP contribution in [-0.2, 0) is 11.3 Å². The van der Waals surface area contributed by atoms with Crippen molar-refractivity contribution in [1.82, 2.24) is 19.7 Å². The van der Waals surface area contributed by atoms with Gasteiger partial charge < -0.3 is 19.5 Å². The third kappa shape index (κ3) is 6.18. The quantitative estimate of drug-likeness (QED) is 0.596. The number of likely N-dealkylation sites (tertiary alicyclic amines) is 2. The van der Waals surface area contributed by atoms with Gasteiger partial charge in [-0.15, -0.1) is 0 Å². The summed E-state index contributed by atoms with van der Waals surface area (Å²) in [5.41, 5.74) is 2.55. The maximum absolute atomic E-state index is 13.2. The molecule has 0 radical (unpaired) electrons. The van der Waals surface area contributed by atoms with Gasteiger partial charge in [0, 0.05) is 63.0 Å². The zero-order chi connectivity index (χ0) is 23.2. The Hall–Kier alpha value is -2.31. The van der Waals surface area contributed by atoms with E-state index in [9.17, 15) is 4.79 Å². The maximum atomic E-state index is 13.2. The van der Waals surface area contributed by atoms with Crippen molar-refractivity contribution >= 4 is 5.91 Å². The molecular weight excluding hydrogens is 412 g/mol. The average Bonchev–Trinajstić information content (AvgIpc) is 3.59. The summed E-state index contributed by atoms with van der Waals surface area (Å²) in [5.74, 6) is 1.98. The van der Waals surface area contributed by atoms with E-state index in [1.807, 2.05) is 26.1 Å². The molecule has 0 bridgehead atoms. The standard InChI is InChI=1S/C27H40N4O2/c1-21(2)27(32)31(15-14-29-12-4-5-13-29)18-23-17-30(19-24-9-7-11-28-24)20-26(23)22-8-6-10-25(16-22)33-3/h6-11,16,21,23,26,28H,4-5,12-15,17-20H2,1-3H3. The predicted molar refractivity (Wildman–Crippen MR) is 132 cm³/mol. The van der Waals surface area contributed by atoms with Crippen LogP contribution in [0.5, 0.6) is 5.75 Å². The lowest BCUT2D eigenvalue weighted by Crippen LogP contribution is -2.43. The minimum Gasteiger partial charge on any atom is -0.497 e. The Morgan fingerprint density at radius 2 is 1.97 bits per heavy atom. The summed E-state index contributed by atoms with van der Waals surface area (Å²) in [6, 6.07) is 12.7. The molecule has 180 valence electrons. The molecule has 3 heterocycles. The number of rotatable bonds is 10. The molecule has 6 nitrogen and oxygen atoms in total. The van der Waals surface area contributed by atoms with E-state index in [1.165, 1.54) is 37.2 Å². The lowest BCUT2D eigenvalue weighted by Gasteiger charge is -2.31. The first-order chi connectivity index (χ1) is 16.0. The first kappa shape index (κ1) is 23.8. The lowest BCUT2D eigenvalue weighted by molar-refractivity contribution is -0.135. The molecule has 2 unspecified atom stereocenters. The molecule has 0 spiro atoms. The number of carbonyl (C=O) groups excluding carboxylic acids is 1. The van der Waals surface area contributed by atoms with Gasteiger partial charge in [-0.05, 0) is 61.7 Å². The highest BCUT2D eigenvalue weighted by Crippen LogP contribution is 2.35. The number of ether oxygens (including phenoxy) is 1. The molecule has 2 aliphatic heterocycles. The van der Waals surface area contributed by atoms with Crippen LogP contribution in [-0.4, -0.2) is 78.5 Å². The summed E-state index contributed by atoms with van der Waals surface area (Å²) in [5, 5.41) is 0. The number of amides is 1. The van der Waals surface area contributed by atoms with E-state index in [2.05, 4.69) is 50.0 Å². The molecule has 1 amide bonds. The van der Waals surface area contributed by atoms with E-state index in [-0.39, 0.29) is 11.8 Å². The normalized spacial score (nSPS) is 21.7. The fourth-order valence-electron chi connectivity index (χ4n) is 5.44. The third-order valence-corrected chi connectivity index (χ3v) is 7.24. The molecule has 33 heavy (non-hydrogen) atoms. The molecular formula is C27H40N4O2. The number of nitrogens with zero attached hydrogens (tertiary/aromatic N) is 3. The van der Waals surface area contributed by atoms with Crippen molar-refractivity contribution < 1.29 is 9.53 Å². The van der Waals surface area contributed by atoms with Crippen LogP contribution in [0.25, 0.3) is 0 Å². The van der Waals surface area contributed by atoms with E-state index in [4.69, 9.17) is 4.74 Å². The van der Waals surface area contributed by atoms with Gasteiger partial charge in [-0.2, -0.15) is 0 Å². The van der Waals surface area contributed by atoms with Crippen molar-refractivity contribution in [3.05, 3.63) is 53.9 Å². The second-order valence-electron chi connectivity index (χ2n) is 10.0. The zero-order valence-electron chi connectivity index (χ0n) is 20.5. The predicted octanol–water partition coefficient (Wildman–Crippen LogP) is 3.82. The van der Waals surface area contributed by atoms with Gasteiger partial charge in [-0.25, -0.2) is 0 Å². The minimum atomic E-state index is 0.0234. The van der Waals surface area contributed by atoms with E-state index in [0.717, 1.165) is 45.0 Å². The number of methoxy groups -OCH3 is 1. The second-order valence-corrected chi connectivity index (χ2v) is 10.0. The van der Waals surface area contributed by atoms with Crippen molar-refractivity contribution in [3.63, 3.8) is 0 Å². The van der Waals surface area contributed by atoms with Gasteiger partial charge in [-0.1, -0.05) is 26.0 Å². The number of carbonyl (C=O) groups is 1. The Morgan fingerprint density at radius 1 is 1.15 bits per heavy atom. The first-order valence-electron chi connectivity index (χ1n) is 12.5. The summed E-state index contributed by atoms with van der Waals surface area (Å²) in [6.07, 6.45) is 4.56. The largest absolute Gasteiger partial charge is 0.497 e. The molecule has 2 aliphatic rings. The van der Waals surface area contributed by atoms with E-state index in [1.54, 1.807) is 7.11 Å². The average molecular weight is 453 g/mol. The van der Waals surface area contributed by atoms with Crippen molar-refractivity contribution in [2.45, 2.75) is 39.2 Å². The highest BCUT2D eigenvalue weighted by Gasteiger charge is 2.36. The SMILES string of the molecule is COc1cccc(C2CN(Cc3ccc[nH]3)CC2CN(CCN2CCCC2)C(=O)C(C)C)c1. The molecule has 6 heteroatoms. The fraction of sp³-hybridized carbons (Fsp3) is 0.593. The molecule has 2 saturated heterocycles. The Bertz CT molecular complexity index is 876. The van der Waals surface area contributed by atoms with Gasteiger partial charge >= 0.3 is 0 Å². The van der Waals surface area contributed by atoms with Crippen LogP contribution in [0, 0.1) is 11.8 Å². The van der Waals surface area contributed by atoms with Gasteiger partial charge in [-0.3, -0.25) is 9.69 Å². The smallest absolute Gasteiger partial charge is 0.225 e. The van der Waals surface area contributed by atoms with Crippen LogP contribution >= 0.6 is 0 Å². The fourth-order valence-corrected chi connectivity index (χ4v) is 5.44. The van der Waals surface area contributed by atoms with Crippen LogP contribution in [0.1, 0.15) is 43.9 Å². The van der Waals surface area contributed by atoms with Crippen LogP contribution in [0.15, 0.2) is 42.6 Å². The molecule has 1 aromatic carbocycles. The minimum absolute atomic E-state index is 0.0234. The number of aromatic amines is 1. The van der Waals surface area contributed by atoms with Gasteiger partial charge in [0.25, 0.3) is 0 Å². The van der Waals surface area contributed by atoms with E-state index < -0.39 is 0 Å². The van der Waals surface area contributed by atoms with Gasteiger partial charge in [0.1, 0.15) is 5.75 Å². The number of aromatic nitrogens is 1.